The monoisotopic (exact) mass is 382 g/mol. The Kier molecular flexibility index (Phi) is 5.96. The van der Waals surface area contributed by atoms with Crippen LogP contribution in [0.3, 0.4) is 0 Å². The summed E-state index contributed by atoms with van der Waals surface area (Å²) in [6.45, 7) is 2.36. The lowest BCUT2D eigenvalue weighted by Gasteiger charge is -2.25. The lowest BCUT2D eigenvalue weighted by Crippen LogP contribution is -2.49. The van der Waals surface area contributed by atoms with Crippen molar-refractivity contribution in [1.29, 1.82) is 0 Å². The lowest BCUT2D eigenvalue weighted by molar-refractivity contribution is -0.125. The van der Waals surface area contributed by atoms with E-state index in [2.05, 4.69) is 5.32 Å². The Labute approximate surface area is 163 Å². The Morgan fingerprint density at radius 1 is 1.04 bits per heavy atom. The number of rotatable bonds is 7. The minimum atomic E-state index is -0.810. The van der Waals surface area contributed by atoms with E-state index in [0.717, 1.165) is 16.0 Å². The van der Waals surface area contributed by atoms with Crippen LogP contribution in [0.4, 0.5) is 0 Å². The fraction of sp³-hybridized carbons (Fsp3) is 0.286. The molecular weight excluding hydrogens is 360 g/mol. The van der Waals surface area contributed by atoms with E-state index in [1.54, 1.807) is 36.0 Å². The highest BCUT2D eigenvalue weighted by Crippen LogP contribution is 2.26. The van der Waals surface area contributed by atoms with Gasteiger partial charge in [-0.2, -0.15) is 11.8 Å². The molecule has 3 rings (SSSR count). The number of imide groups is 1. The number of hydrogen-bond acceptors (Lipinski definition) is 4. The second kappa shape index (κ2) is 8.39. The number of nitrogens with zero attached hydrogens (tertiary/aromatic N) is 1. The van der Waals surface area contributed by atoms with E-state index >= 15 is 0 Å². The van der Waals surface area contributed by atoms with Gasteiger partial charge in [0.25, 0.3) is 11.8 Å². The molecule has 6 heteroatoms. The molecule has 2 aromatic carbocycles. The molecule has 3 amide bonds. The number of carbonyl (C=O) groups is 3. The fourth-order valence-corrected chi connectivity index (χ4v) is 3.57. The van der Waals surface area contributed by atoms with Crippen molar-refractivity contribution in [3.05, 3.63) is 70.8 Å². The number of benzene rings is 2. The smallest absolute Gasteiger partial charge is 0.262 e. The zero-order chi connectivity index (χ0) is 19.4. The van der Waals surface area contributed by atoms with Gasteiger partial charge in [-0.1, -0.05) is 42.0 Å². The molecule has 1 unspecified atom stereocenters. The molecule has 1 aliphatic heterocycles. The van der Waals surface area contributed by atoms with Crippen LogP contribution in [-0.4, -0.2) is 40.7 Å². The third-order valence-corrected chi connectivity index (χ3v) is 5.27. The average molecular weight is 382 g/mol. The number of amides is 3. The molecule has 1 atom stereocenters. The van der Waals surface area contributed by atoms with E-state index in [9.17, 15) is 14.4 Å². The molecule has 0 bridgehead atoms. The molecule has 0 saturated heterocycles. The van der Waals surface area contributed by atoms with Crippen LogP contribution in [0.1, 0.15) is 38.3 Å². The van der Waals surface area contributed by atoms with Crippen molar-refractivity contribution in [3.8, 4) is 0 Å². The van der Waals surface area contributed by atoms with Gasteiger partial charge >= 0.3 is 0 Å². The Hall–Kier alpha value is -2.60. The zero-order valence-electron chi connectivity index (χ0n) is 15.4. The molecule has 1 N–H and O–H groups in total. The first kappa shape index (κ1) is 19.2. The number of thioether (sulfide) groups is 1. The molecule has 0 saturated carbocycles. The third kappa shape index (κ3) is 4.06. The van der Waals surface area contributed by atoms with Crippen LogP contribution >= 0.6 is 11.8 Å². The fourth-order valence-electron chi connectivity index (χ4n) is 3.11. The summed E-state index contributed by atoms with van der Waals surface area (Å²) in [5.74, 6) is -0.422. The Morgan fingerprint density at radius 2 is 1.63 bits per heavy atom. The minimum Gasteiger partial charge on any atom is -0.350 e. The number of fused-ring (bicyclic) bond motifs is 1. The first-order valence-corrected chi connectivity index (χ1v) is 10.2. The van der Waals surface area contributed by atoms with Gasteiger partial charge < -0.3 is 5.32 Å². The second-order valence-corrected chi connectivity index (χ2v) is 7.51. The Morgan fingerprint density at radius 3 is 2.19 bits per heavy atom. The highest BCUT2D eigenvalue weighted by Gasteiger charge is 2.42. The maximum atomic E-state index is 12.9. The van der Waals surface area contributed by atoms with Crippen LogP contribution in [0.15, 0.2) is 48.5 Å². The SMILES string of the molecule is CSCCC(C(=O)NCc1ccc(C)cc1)N1C(=O)c2ccccc2C1=O. The third-order valence-electron chi connectivity index (χ3n) is 4.62. The Bertz CT molecular complexity index is 829. The van der Waals surface area contributed by atoms with Gasteiger partial charge in [-0.05, 0) is 43.0 Å². The highest BCUT2D eigenvalue weighted by atomic mass is 32.2. The molecule has 1 heterocycles. The summed E-state index contributed by atoms with van der Waals surface area (Å²) in [5, 5.41) is 2.88. The molecule has 140 valence electrons. The molecule has 0 spiro atoms. The normalized spacial score (nSPS) is 14.2. The van der Waals surface area contributed by atoms with Gasteiger partial charge in [-0.15, -0.1) is 0 Å². The van der Waals surface area contributed by atoms with E-state index in [-0.39, 0.29) is 5.91 Å². The van der Waals surface area contributed by atoms with Gasteiger partial charge in [0.15, 0.2) is 0 Å². The molecule has 5 nitrogen and oxygen atoms in total. The van der Waals surface area contributed by atoms with Crippen molar-refractivity contribution in [2.45, 2.75) is 25.9 Å². The van der Waals surface area contributed by atoms with Gasteiger partial charge in [0.2, 0.25) is 5.91 Å². The quantitative estimate of drug-likeness (QED) is 0.748. The predicted molar refractivity (Wildman–Crippen MR) is 107 cm³/mol. The summed E-state index contributed by atoms with van der Waals surface area (Å²) in [7, 11) is 0. The van der Waals surface area contributed by atoms with Gasteiger partial charge in [-0.3, -0.25) is 19.3 Å². The molecule has 0 aliphatic carbocycles. The molecule has 1 aliphatic rings. The predicted octanol–water partition coefficient (Wildman–Crippen LogP) is 3.03. The average Bonchev–Trinajstić information content (AvgIpc) is 2.93. The van der Waals surface area contributed by atoms with Crippen molar-refractivity contribution >= 4 is 29.5 Å². The summed E-state index contributed by atoms with van der Waals surface area (Å²) >= 11 is 1.58. The van der Waals surface area contributed by atoms with Crippen molar-refractivity contribution in [2.75, 3.05) is 12.0 Å². The largest absolute Gasteiger partial charge is 0.350 e. The van der Waals surface area contributed by atoms with Crippen LogP contribution < -0.4 is 5.32 Å². The molecule has 27 heavy (non-hydrogen) atoms. The van der Waals surface area contributed by atoms with Crippen molar-refractivity contribution in [3.63, 3.8) is 0 Å². The van der Waals surface area contributed by atoms with Gasteiger partial charge in [-0.25, -0.2) is 0 Å². The summed E-state index contributed by atoms with van der Waals surface area (Å²) in [6, 6.07) is 13.8. The number of carbonyl (C=O) groups excluding carboxylic acids is 3. The first-order chi connectivity index (χ1) is 13.0. The van der Waals surface area contributed by atoms with Crippen LogP contribution in [0, 0.1) is 6.92 Å². The van der Waals surface area contributed by atoms with Crippen molar-refractivity contribution in [2.24, 2.45) is 0 Å². The summed E-state index contributed by atoms with van der Waals surface area (Å²) in [6.07, 6.45) is 2.36. The molecular formula is C21H22N2O3S. The van der Waals surface area contributed by atoms with Crippen LogP contribution in [-0.2, 0) is 11.3 Å². The van der Waals surface area contributed by atoms with Crippen LogP contribution in [0.25, 0.3) is 0 Å². The van der Waals surface area contributed by atoms with Crippen molar-refractivity contribution < 1.29 is 14.4 Å². The maximum absolute atomic E-state index is 12.9. The summed E-state index contributed by atoms with van der Waals surface area (Å²) < 4.78 is 0. The topological polar surface area (TPSA) is 66.5 Å². The lowest BCUT2D eigenvalue weighted by atomic mass is 10.1. The van der Waals surface area contributed by atoms with E-state index < -0.39 is 17.9 Å². The Balaban J connectivity index is 1.77. The second-order valence-electron chi connectivity index (χ2n) is 6.53. The minimum absolute atomic E-state index is 0.306. The van der Waals surface area contributed by atoms with Crippen molar-refractivity contribution in [1.82, 2.24) is 10.2 Å². The van der Waals surface area contributed by atoms with E-state index in [1.807, 2.05) is 37.4 Å². The zero-order valence-corrected chi connectivity index (χ0v) is 16.2. The van der Waals surface area contributed by atoms with E-state index in [1.165, 1.54) is 0 Å². The van der Waals surface area contributed by atoms with E-state index in [4.69, 9.17) is 0 Å². The molecule has 0 aromatic heterocycles. The molecule has 0 fully saturated rings. The van der Waals surface area contributed by atoms with Crippen LogP contribution in [0.5, 0.6) is 0 Å². The highest BCUT2D eigenvalue weighted by molar-refractivity contribution is 7.98. The summed E-state index contributed by atoms with van der Waals surface area (Å²) in [5.41, 5.74) is 2.85. The molecule has 0 radical (unpaired) electrons. The number of aryl methyl sites for hydroxylation is 1. The maximum Gasteiger partial charge on any atom is 0.262 e. The standard InChI is InChI=1S/C21H22N2O3S/c1-14-7-9-15(10-8-14)13-22-19(24)18(11-12-27-2)23-20(25)16-5-3-4-6-17(16)21(23)26/h3-10,18H,11-13H2,1-2H3,(H,22,24). The van der Waals surface area contributed by atoms with Crippen LogP contribution in [0.2, 0.25) is 0 Å². The summed E-state index contributed by atoms with van der Waals surface area (Å²) in [4.78, 5) is 39.5. The van der Waals surface area contributed by atoms with Gasteiger partial charge in [0.1, 0.15) is 6.04 Å². The molecule has 2 aromatic rings. The van der Waals surface area contributed by atoms with E-state index in [0.29, 0.717) is 29.8 Å². The number of nitrogens with one attached hydrogen (secondary N) is 1. The first-order valence-electron chi connectivity index (χ1n) is 8.82. The van der Waals surface area contributed by atoms with Gasteiger partial charge in [0, 0.05) is 6.54 Å². The van der Waals surface area contributed by atoms with Gasteiger partial charge in [0.05, 0.1) is 11.1 Å². The number of hydrogen-bond donors (Lipinski definition) is 1.